The summed E-state index contributed by atoms with van der Waals surface area (Å²) in [6.07, 6.45) is 7.55. The normalized spacial score (nSPS) is 14.2. The van der Waals surface area contributed by atoms with Crippen molar-refractivity contribution in [2.45, 2.75) is 60.0 Å². The van der Waals surface area contributed by atoms with Crippen molar-refractivity contribution < 1.29 is 9.59 Å². The second-order valence-corrected chi connectivity index (χ2v) is 12.8. The Morgan fingerprint density at radius 2 is 1.66 bits per heavy atom. The minimum absolute atomic E-state index is 0.0230. The van der Waals surface area contributed by atoms with Crippen LogP contribution < -0.4 is 0 Å². The second kappa shape index (κ2) is 13.3. The lowest BCUT2D eigenvalue weighted by atomic mass is 9.98. The molecule has 3 heterocycles. The number of aromatic nitrogens is 2. The van der Waals surface area contributed by atoms with Crippen LogP contribution in [0.3, 0.4) is 0 Å². The van der Waals surface area contributed by atoms with E-state index in [1.165, 1.54) is 22.3 Å². The first kappa shape index (κ1) is 31.8. The van der Waals surface area contributed by atoms with Gasteiger partial charge in [-0.3, -0.25) is 14.6 Å². The van der Waals surface area contributed by atoms with E-state index in [4.69, 9.17) is 0 Å². The zero-order valence-electron chi connectivity index (χ0n) is 27.9. The van der Waals surface area contributed by atoms with Crippen LogP contribution in [0.4, 0.5) is 0 Å². The Balaban J connectivity index is 1.32. The van der Waals surface area contributed by atoms with E-state index in [-0.39, 0.29) is 17.9 Å². The molecule has 0 unspecified atom stereocenters. The molecule has 0 saturated heterocycles. The lowest BCUT2D eigenvalue weighted by Gasteiger charge is -2.43. The predicted octanol–water partition coefficient (Wildman–Crippen LogP) is 6.96. The van der Waals surface area contributed by atoms with Gasteiger partial charge in [0, 0.05) is 79.8 Å². The molecule has 2 amide bonds. The van der Waals surface area contributed by atoms with E-state index in [1.54, 1.807) is 13.8 Å². The number of hydrogen-bond acceptors (Lipinski definition) is 4. The summed E-state index contributed by atoms with van der Waals surface area (Å²) < 4.78 is 0. The standard InChI is InChI=1S/C39H42N6O2/c1-25-16-31(17-26(2)27(25)3)23-43(28(4)46)24-34(19-33-21-41-38-9-7-6-8-35(33)38)45(29(5)47)44-14-12-32(13-15-44)37-22-42-39-11-10-30(20-40)18-36(37)39/h6-12,16-18,21-22,34,41-42H,13-15,19,23-24H2,1-5H3/t34-/m1/s1. The summed E-state index contributed by atoms with van der Waals surface area (Å²) in [6, 6.07) is 20.2. The molecule has 0 saturated carbocycles. The van der Waals surface area contributed by atoms with Gasteiger partial charge in [0.05, 0.1) is 17.7 Å². The number of H-pyrrole nitrogens is 2. The first-order chi connectivity index (χ1) is 22.6. The van der Waals surface area contributed by atoms with Gasteiger partial charge in [0.1, 0.15) is 0 Å². The highest BCUT2D eigenvalue weighted by Gasteiger charge is 2.32. The quantitative estimate of drug-likeness (QED) is 0.185. The van der Waals surface area contributed by atoms with Gasteiger partial charge in [-0.2, -0.15) is 5.26 Å². The number of para-hydroxylation sites is 1. The molecule has 8 heteroatoms. The summed E-state index contributed by atoms with van der Waals surface area (Å²) in [5, 5.41) is 15.6. The highest BCUT2D eigenvalue weighted by Crippen LogP contribution is 2.31. The summed E-state index contributed by atoms with van der Waals surface area (Å²) in [7, 11) is 0. The topological polar surface area (TPSA) is 99.2 Å². The zero-order valence-corrected chi connectivity index (χ0v) is 27.9. The number of aromatic amines is 2. The molecule has 0 fully saturated rings. The molecule has 2 N–H and O–H groups in total. The number of fused-ring (bicyclic) bond motifs is 2. The van der Waals surface area contributed by atoms with Gasteiger partial charge >= 0.3 is 0 Å². The molecule has 8 nitrogen and oxygen atoms in total. The summed E-state index contributed by atoms with van der Waals surface area (Å²) >= 11 is 0. The fourth-order valence-electron chi connectivity index (χ4n) is 7.02. The number of nitrogens with one attached hydrogen (secondary N) is 2. The molecule has 1 atom stereocenters. The Bertz CT molecular complexity index is 2020. The highest BCUT2D eigenvalue weighted by molar-refractivity contribution is 5.93. The van der Waals surface area contributed by atoms with Crippen LogP contribution in [0, 0.1) is 32.1 Å². The van der Waals surface area contributed by atoms with Gasteiger partial charge in [-0.15, -0.1) is 0 Å². The van der Waals surface area contributed by atoms with Crippen molar-refractivity contribution in [3.8, 4) is 6.07 Å². The van der Waals surface area contributed by atoms with Gasteiger partial charge in [0.25, 0.3) is 0 Å². The zero-order chi connectivity index (χ0) is 33.2. The number of aryl methyl sites for hydroxylation is 2. The van der Waals surface area contributed by atoms with Crippen molar-refractivity contribution >= 4 is 39.2 Å². The van der Waals surface area contributed by atoms with Crippen molar-refractivity contribution in [3.63, 3.8) is 0 Å². The average Bonchev–Trinajstić information content (AvgIpc) is 3.67. The van der Waals surface area contributed by atoms with Crippen LogP contribution in [-0.4, -0.2) is 62.4 Å². The SMILES string of the molecule is CC(=O)N(Cc1cc(C)c(C)c(C)c1)C[C@@H](Cc1c[nH]c2ccccc12)N(C(C)=O)N1CC=C(c2c[nH]c3ccc(C#N)cc23)CC1. The number of amides is 2. The number of rotatable bonds is 9. The molecular weight excluding hydrogens is 584 g/mol. The van der Waals surface area contributed by atoms with E-state index in [0.717, 1.165) is 44.9 Å². The number of nitriles is 1. The highest BCUT2D eigenvalue weighted by atomic mass is 16.2. The third-order valence-electron chi connectivity index (χ3n) is 9.68. The monoisotopic (exact) mass is 626 g/mol. The van der Waals surface area contributed by atoms with Crippen molar-refractivity contribution in [1.82, 2.24) is 24.9 Å². The molecule has 0 bridgehead atoms. The van der Waals surface area contributed by atoms with Crippen molar-refractivity contribution in [1.29, 1.82) is 5.26 Å². The molecule has 2 aromatic heterocycles. The molecule has 5 aromatic rings. The Hall–Kier alpha value is -5.13. The van der Waals surface area contributed by atoms with E-state index in [9.17, 15) is 14.9 Å². The molecule has 0 aliphatic carbocycles. The maximum Gasteiger partial charge on any atom is 0.234 e. The summed E-state index contributed by atoms with van der Waals surface area (Å²) in [5.74, 6) is -0.0758. The third kappa shape index (κ3) is 6.58. The van der Waals surface area contributed by atoms with E-state index < -0.39 is 0 Å². The lowest BCUT2D eigenvalue weighted by molar-refractivity contribution is -0.155. The maximum atomic E-state index is 13.6. The number of benzene rings is 3. The fourth-order valence-corrected chi connectivity index (χ4v) is 7.02. The van der Waals surface area contributed by atoms with Gasteiger partial charge in [0.2, 0.25) is 11.8 Å². The van der Waals surface area contributed by atoms with E-state index >= 15 is 0 Å². The summed E-state index contributed by atoms with van der Waals surface area (Å²) in [6.45, 7) is 11.7. The summed E-state index contributed by atoms with van der Waals surface area (Å²) in [5.41, 5.74) is 10.8. The Morgan fingerprint density at radius 1 is 0.936 bits per heavy atom. The van der Waals surface area contributed by atoms with E-state index in [0.29, 0.717) is 38.2 Å². The summed E-state index contributed by atoms with van der Waals surface area (Å²) in [4.78, 5) is 35.4. The molecule has 1 aliphatic rings. The number of nitrogens with zero attached hydrogens (tertiary/aromatic N) is 4. The van der Waals surface area contributed by atoms with Gasteiger partial charge in [-0.25, -0.2) is 5.01 Å². The van der Waals surface area contributed by atoms with Crippen LogP contribution in [0.1, 0.15) is 59.2 Å². The van der Waals surface area contributed by atoms with Crippen LogP contribution in [-0.2, 0) is 22.6 Å². The molecule has 0 radical (unpaired) electrons. The molecule has 6 rings (SSSR count). The van der Waals surface area contributed by atoms with Crippen molar-refractivity contribution in [3.05, 3.63) is 112 Å². The number of carbonyl (C=O) groups is 2. The van der Waals surface area contributed by atoms with E-state index in [1.807, 2.05) is 52.6 Å². The Labute approximate surface area is 276 Å². The first-order valence-electron chi connectivity index (χ1n) is 16.3. The second-order valence-electron chi connectivity index (χ2n) is 12.8. The van der Waals surface area contributed by atoms with Gasteiger partial charge in [0.15, 0.2) is 0 Å². The average molecular weight is 627 g/mol. The predicted molar refractivity (Wildman–Crippen MR) is 187 cm³/mol. The molecule has 1 aliphatic heterocycles. The first-order valence-corrected chi connectivity index (χ1v) is 16.3. The largest absolute Gasteiger partial charge is 0.361 e. The number of carbonyl (C=O) groups excluding carboxylic acids is 2. The molecular formula is C39H42N6O2. The fraction of sp³-hybridized carbons (Fsp3) is 0.308. The van der Waals surface area contributed by atoms with Crippen molar-refractivity contribution in [2.24, 2.45) is 0 Å². The van der Waals surface area contributed by atoms with Gasteiger partial charge in [-0.1, -0.05) is 36.4 Å². The van der Waals surface area contributed by atoms with Crippen LogP contribution in [0.2, 0.25) is 0 Å². The molecule has 47 heavy (non-hydrogen) atoms. The van der Waals surface area contributed by atoms with Gasteiger partial charge in [-0.05, 0) is 91.3 Å². The number of hydrogen-bond donors (Lipinski definition) is 2. The minimum atomic E-state index is -0.288. The van der Waals surface area contributed by atoms with Gasteiger partial charge < -0.3 is 14.9 Å². The third-order valence-corrected chi connectivity index (χ3v) is 9.68. The minimum Gasteiger partial charge on any atom is -0.361 e. The van der Waals surface area contributed by atoms with Crippen LogP contribution in [0.25, 0.3) is 27.4 Å². The smallest absolute Gasteiger partial charge is 0.234 e. The van der Waals surface area contributed by atoms with Crippen LogP contribution in [0.5, 0.6) is 0 Å². The molecule has 0 spiro atoms. The van der Waals surface area contributed by atoms with Crippen LogP contribution >= 0.6 is 0 Å². The molecule has 3 aromatic carbocycles. The Morgan fingerprint density at radius 3 is 2.34 bits per heavy atom. The van der Waals surface area contributed by atoms with Crippen LogP contribution in [0.15, 0.2) is 73.1 Å². The number of hydrazine groups is 1. The maximum absolute atomic E-state index is 13.6. The van der Waals surface area contributed by atoms with Crippen molar-refractivity contribution in [2.75, 3.05) is 19.6 Å². The lowest BCUT2D eigenvalue weighted by Crippen LogP contribution is -2.57. The van der Waals surface area contributed by atoms with E-state index in [2.05, 4.69) is 72.2 Å². The molecule has 240 valence electrons. The Kier molecular flexibility index (Phi) is 9.01.